The summed E-state index contributed by atoms with van der Waals surface area (Å²) < 4.78 is 24.9. The number of halogens is 1. The molecule has 0 aliphatic carbocycles. The van der Waals surface area contributed by atoms with E-state index in [4.69, 9.17) is 9.47 Å². The van der Waals surface area contributed by atoms with Gasteiger partial charge in [0.15, 0.2) is 11.6 Å². The molecule has 0 saturated carbocycles. The van der Waals surface area contributed by atoms with Crippen molar-refractivity contribution < 1.29 is 23.5 Å². The minimum atomic E-state index is -0.978. The number of ether oxygens (including phenoxy) is 2. The van der Waals surface area contributed by atoms with Gasteiger partial charge < -0.3 is 19.3 Å². The quantitative estimate of drug-likeness (QED) is 0.667. The van der Waals surface area contributed by atoms with Gasteiger partial charge in [-0.2, -0.15) is 0 Å². The van der Waals surface area contributed by atoms with E-state index in [0.717, 1.165) is 5.69 Å². The molecule has 1 aromatic heterocycles. The maximum atomic E-state index is 13.7. The summed E-state index contributed by atoms with van der Waals surface area (Å²) in [6.45, 7) is 7.16. The van der Waals surface area contributed by atoms with E-state index in [2.05, 4.69) is 4.98 Å². The Bertz CT molecular complexity index is 1000. The molecule has 1 saturated heterocycles. The van der Waals surface area contributed by atoms with Gasteiger partial charge in [0.25, 0.3) is 5.91 Å². The van der Waals surface area contributed by atoms with Crippen molar-refractivity contribution in [3.05, 3.63) is 47.7 Å². The van der Waals surface area contributed by atoms with Gasteiger partial charge in [0.1, 0.15) is 18.4 Å². The molecule has 0 unspecified atom stereocenters. The van der Waals surface area contributed by atoms with Crippen molar-refractivity contribution >= 4 is 23.4 Å². The van der Waals surface area contributed by atoms with Crippen molar-refractivity contribution in [3.63, 3.8) is 0 Å². The lowest BCUT2D eigenvalue weighted by molar-refractivity contribution is 0.00694. The van der Waals surface area contributed by atoms with Crippen LogP contribution in [0.4, 0.5) is 15.9 Å². The maximum absolute atomic E-state index is 13.7. The van der Waals surface area contributed by atoms with Gasteiger partial charge in [-0.1, -0.05) is 0 Å². The zero-order valence-electron chi connectivity index (χ0n) is 18.6. The number of alkyl halides is 1. The monoisotopic (exact) mass is 441 g/mol. The van der Waals surface area contributed by atoms with Gasteiger partial charge in [0.05, 0.1) is 24.2 Å². The van der Waals surface area contributed by atoms with Gasteiger partial charge in [-0.25, -0.2) is 14.2 Å². The first-order valence-corrected chi connectivity index (χ1v) is 10.9. The number of carbonyl (C=O) groups excluding carboxylic acids is 2. The third-order valence-electron chi connectivity index (χ3n) is 5.37. The molecule has 1 amide bonds. The molecule has 0 radical (unpaired) electrons. The molecule has 2 aromatic rings. The minimum absolute atomic E-state index is 0.118. The van der Waals surface area contributed by atoms with Crippen molar-refractivity contribution in [1.29, 1.82) is 0 Å². The van der Waals surface area contributed by atoms with Crippen molar-refractivity contribution in [3.8, 4) is 5.75 Å². The van der Waals surface area contributed by atoms with E-state index in [0.29, 0.717) is 55.2 Å². The molecule has 1 atom stereocenters. The summed E-state index contributed by atoms with van der Waals surface area (Å²) in [5.41, 5.74) is 1.15. The number of anilines is 2. The normalized spacial score (nSPS) is 18.6. The SMILES string of the molecule is CC(C)(C)OC(=O)c1ccc(N2CCOc3cc(C(=O)N4CCC[C@H](F)C4)cnc32)cc1. The lowest BCUT2D eigenvalue weighted by atomic mass is 10.1. The van der Waals surface area contributed by atoms with Crippen molar-refractivity contribution in [2.45, 2.75) is 45.4 Å². The first-order chi connectivity index (χ1) is 15.2. The number of esters is 1. The molecular weight excluding hydrogens is 413 g/mol. The Kier molecular flexibility index (Phi) is 6.04. The predicted octanol–water partition coefficient (Wildman–Crippen LogP) is 4.14. The smallest absolute Gasteiger partial charge is 0.338 e. The van der Waals surface area contributed by atoms with Gasteiger partial charge in [0, 0.05) is 18.4 Å². The lowest BCUT2D eigenvalue weighted by Crippen LogP contribution is -2.40. The summed E-state index contributed by atoms with van der Waals surface area (Å²) in [5, 5.41) is 0. The van der Waals surface area contributed by atoms with E-state index >= 15 is 0 Å². The molecule has 0 spiro atoms. The highest BCUT2D eigenvalue weighted by atomic mass is 19.1. The van der Waals surface area contributed by atoms with E-state index in [1.807, 2.05) is 37.8 Å². The number of benzene rings is 1. The second-order valence-corrected chi connectivity index (χ2v) is 9.09. The van der Waals surface area contributed by atoms with Crippen molar-refractivity contribution in [2.24, 2.45) is 0 Å². The number of likely N-dealkylation sites (tertiary alicyclic amines) is 1. The molecule has 2 aliphatic heterocycles. The zero-order chi connectivity index (χ0) is 22.9. The Hall–Kier alpha value is -3.16. The molecular formula is C24H28FN3O4. The molecule has 7 nitrogen and oxygen atoms in total. The first kappa shape index (κ1) is 22.0. The van der Waals surface area contributed by atoms with Crippen LogP contribution in [0.5, 0.6) is 5.75 Å². The van der Waals surface area contributed by atoms with Crippen LogP contribution < -0.4 is 9.64 Å². The number of piperidine rings is 1. The van der Waals surface area contributed by atoms with Crippen molar-refractivity contribution in [2.75, 3.05) is 31.1 Å². The highest BCUT2D eigenvalue weighted by Crippen LogP contribution is 2.35. The van der Waals surface area contributed by atoms with Crippen LogP contribution in [0.2, 0.25) is 0 Å². The van der Waals surface area contributed by atoms with E-state index in [1.54, 1.807) is 18.2 Å². The van der Waals surface area contributed by atoms with Gasteiger partial charge in [-0.3, -0.25) is 4.79 Å². The summed E-state index contributed by atoms with van der Waals surface area (Å²) in [5.74, 6) is 0.498. The van der Waals surface area contributed by atoms with Crippen LogP contribution in [0.3, 0.4) is 0 Å². The van der Waals surface area contributed by atoms with E-state index < -0.39 is 11.8 Å². The number of rotatable bonds is 3. The summed E-state index contributed by atoms with van der Waals surface area (Å²) in [6.07, 6.45) is 1.69. The fourth-order valence-electron chi connectivity index (χ4n) is 3.87. The molecule has 8 heteroatoms. The molecule has 4 rings (SSSR count). The second-order valence-electron chi connectivity index (χ2n) is 9.09. The average molecular weight is 442 g/mol. The third-order valence-corrected chi connectivity index (χ3v) is 5.37. The Morgan fingerprint density at radius 3 is 2.59 bits per heavy atom. The number of fused-ring (bicyclic) bond motifs is 1. The highest BCUT2D eigenvalue weighted by molar-refractivity contribution is 5.95. The summed E-state index contributed by atoms with van der Waals surface area (Å²) >= 11 is 0. The Labute approximate surface area is 187 Å². The number of carbonyl (C=O) groups is 2. The number of nitrogens with zero attached hydrogens (tertiary/aromatic N) is 3. The first-order valence-electron chi connectivity index (χ1n) is 10.9. The fraction of sp³-hybridized carbons (Fsp3) is 0.458. The van der Waals surface area contributed by atoms with Crippen LogP contribution in [0.25, 0.3) is 0 Å². The van der Waals surface area contributed by atoms with Crippen LogP contribution in [-0.4, -0.2) is 59.8 Å². The second kappa shape index (κ2) is 8.76. The van der Waals surface area contributed by atoms with Gasteiger partial charge in [-0.15, -0.1) is 0 Å². The Morgan fingerprint density at radius 2 is 1.91 bits per heavy atom. The minimum Gasteiger partial charge on any atom is -0.488 e. The largest absolute Gasteiger partial charge is 0.488 e. The zero-order valence-corrected chi connectivity index (χ0v) is 18.6. The Morgan fingerprint density at radius 1 is 1.16 bits per heavy atom. The predicted molar refractivity (Wildman–Crippen MR) is 118 cm³/mol. The standard InChI is InChI=1S/C24H28FN3O4/c1-24(2,3)32-23(30)16-6-8-19(9-7-16)28-11-12-31-20-13-17(14-26-21(20)28)22(29)27-10-4-5-18(25)15-27/h6-9,13-14,18H,4-5,10-12,15H2,1-3H3/t18-/m0/s1. The Balaban J connectivity index is 1.52. The average Bonchev–Trinajstić information content (AvgIpc) is 2.77. The fourth-order valence-corrected chi connectivity index (χ4v) is 3.87. The summed E-state index contributed by atoms with van der Waals surface area (Å²) in [6, 6.07) is 8.79. The third kappa shape index (κ3) is 4.84. The van der Waals surface area contributed by atoms with Gasteiger partial charge in [0.2, 0.25) is 0 Å². The number of aromatic nitrogens is 1. The number of hydrogen-bond acceptors (Lipinski definition) is 6. The van der Waals surface area contributed by atoms with E-state index in [-0.39, 0.29) is 18.4 Å². The molecule has 0 N–H and O–H groups in total. The van der Waals surface area contributed by atoms with Crippen LogP contribution in [-0.2, 0) is 4.74 Å². The van der Waals surface area contributed by atoms with Crippen LogP contribution >= 0.6 is 0 Å². The molecule has 2 aliphatic rings. The molecule has 170 valence electrons. The van der Waals surface area contributed by atoms with Crippen molar-refractivity contribution in [1.82, 2.24) is 9.88 Å². The van der Waals surface area contributed by atoms with Crippen LogP contribution in [0.15, 0.2) is 36.5 Å². The number of amides is 1. The maximum Gasteiger partial charge on any atom is 0.338 e. The van der Waals surface area contributed by atoms with Crippen LogP contribution in [0, 0.1) is 0 Å². The van der Waals surface area contributed by atoms with Gasteiger partial charge in [-0.05, 0) is 63.9 Å². The molecule has 32 heavy (non-hydrogen) atoms. The molecule has 0 bridgehead atoms. The van der Waals surface area contributed by atoms with Crippen LogP contribution in [0.1, 0.15) is 54.3 Å². The molecule has 3 heterocycles. The number of pyridine rings is 1. The van der Waals surface area contributed by atoms with E-state index in [9.17, 15) is 14.0 Å². The molecule has 1 aromatic carbocycles. The topological polar surface area (TPSA) is 72.0 Å². The molecule has 1 fully saturated rings. The van der Waals surface area contributed by atoms with Gasteiger partial charge >= 0.3 is 5.97 Å². The summed E-state index contributed by atoms with van der Waals surface area (Å²) in [4.78, 5) is 33.1. The number of hydrogen-bond donors (Lipinski definition) is 0. The van der Waals surface area contributed by atoms with E-state index in [1.165, 1.54) is 11.1 Å². The highest BCUT2D eigenvalue weighted by Gasteiger charge is 2.27. The summed E-state index contributed by atoms with van der Waals surface area (Å²) in [7, 11) is 0. The lowest BCUT2D eigenvalue weighted by Gasteiger charge is -2.31.